The second kappa shape index (κ2) is 8.45. The third kappa shape index (κ3) is 5.58. The van der Waals surface area contributed by atoms with Gasteiger partial charge in [0.05, 0.1) is 19.1 Å². The molecule has 4 rings (SSSR count). The van der Waals surface area contributed by atoms with Crippen LogP contribution < -0.4 is 15.0 Å². The summed E-state index contributed by atoms with van der Waals surface area (Å²) in [6.07, 6.45) is 5.50. The Morgan fingerprint density at radius 1 is 1.28 bits per heavy atom. The Balaban J connectivity index is 1.59. The van der Waals surface area contributed by atoms with Crippen molar-refractivity contribution in [1.82, 2.24) is 15.3 Å². The van der Waals surface area contributed by atoms with E-state index in [1.165, 1.54) is 17.2 Å². The summed E-state index contributed by atoms with van der Waals surface area (Å²) in [7, 11) is -3.34. The molecule has 2 heterocycles. The Labute approximate surface area is 184 Å². The van der Waals surface area contributed by atoms with Crippen LogP contribution in [0.3, 0.4) is 0 Å². The van der Waals surface area contributed by atoms with Crippen molar-refractivity contribution in [1.29, 1.82) is 0 Å². The maximum atomic E-state index is 13.3. The molecule has 1 N–H and O–H groups in total. The Bertz CT molecular complexity index is 1130. The fraction of sp³-hybridized carbons (Fsp3) is 0.381. The van der Waals surface area contributed by atoms with Crippen molar-refractivity contribution in [3.63, 3.8) is 0 Å². The molecule has 0 spiro atoms. The van der Waals surface area contributed by atoms with Crippen LogP contribution in [0.2, 0.25) is 0 Å². The second-order valence-corrected chi connectivity index (χ2v) is 9.94. The fourth-order valence-electron chi connectivity index (χ4n) is 3.23. The maximum absolute atomic E-state index is 13.3. The molecule has 32 heavy (non-hydrogen) atoms. The summed E-state index contributed by atoms with van der Waals surface area (Å²) < 4.78 is 55.3. The van der Waals surface area contributed by atoms with Crippen molar-refractivity contribution in [3.05, 3.63) is 53.6 Å². The van der Waals surface area contributed by atoms with E-state index in [1.54, 1.807) is 30.3 Å². The van der Waals surface area contributed by atoms with Gasteiger partial charge >= 0.3 is 0 Å². The number of aromatic nitrogens is 2. The highest BCUT2D eigenvalue weighted by molar-refractivity contribution is 7.93. The van der Waals surface area contributed by atoms with Gasteiger partial charge in [-0.2, -0.15) is 4.98 Å². The van der Waals surface area contributed by atoms with Crippen molar-refractivity contribution in [2.75, 3.05) is 24.2 Å². The van der Waals surface area contributed by atoms with Crippen LogP contribution in [0.25, 0.3) is 0 Å². The van der Waals surface area contributed by atoms with Crippen LogP contribution in [-0.2, 0) is 9.84 Å². The number of anilines is 1. The van der Waals surface area contributed by atoms with E-state index in [-0.39, 0.29) is 23.3 Å². The molecule has 0 radical (unpaired) electrons. The Morgan fingerprint density at radius 2 is 1.97 bits per heavy atom. The molecule has 2 aromatic rings. The van der Waals surface area contributed by atoms with Crippen LogP contribution in [0, 0.1) is 5.92 Å². The number of halogens is 2. The largest absolute Gasteiger partial charge is 0.438 e. The van der Waals surface area contributed by atoms with Crippen molar-refractivity contribution < 1.29 is 26.7 Å². The van der Waals surface area contributed by atoms with Gasteiger partial charge < -0.3 is 15.0 Å². The lowest BCUT2D eigenvalue weighted by atomic mass is 10.1. The zero-order valence-electron chi connectivity index (χ0n) is 17.2. The first-order chi connectivity index (χ1) is 15.1. The molecule has 0 bridgehead atoms. The molecule has 2 aliphatic rings. The molecule has 1 atom stereocenters. The number of hydrogen-bond donors (Lipinski definition) is 1. The highest BCUT2D eigenvalue weighted by Gasteiger charge is 2.45. The van der Waals surface area contributed by atoms with Gasteiger partial charge in [0, 0.05) is 17.9 Å². The van der Waals surface area contributed by atoms with Crippen LogP contribution in [0.1, 0.15) is 23.2 Å². The third-order valence-electron chi connectivity index (χ3n) is 5.03. The van der Waals surface area contributed by atoms with Crippen molar-refractivity contribution in [3.8, 4) is 11.6 Å². The van der Waals surface area contributed by atoms with Gasteiger partial charge in [-0.3, -0.25) is 4.79 Å². The van der Waals surface area contributed by atoms with E-state index >= 15 is 0 Å². The van der Waals surface area contributed by atoms with Gasteiger partial charge in [0.1, 0.15) is 11.3 Å². The average Bonchev–Trinajstić information content (AvgIpc) is 3.54. The molecule has 1 unspecified atom stereocenters. The molecular formula is C21H22F2N4O4S. The maximum Gasteiger partial charge on any atom is 0.282 e. The van der Waals surface area contributed by atoms with E-state index < -0.39 is 40.8 Å². The number of para-hydroxylation sites is 1. The van der Waals surface area contributed by atoms with Gasteiger partial charge in [0.15, 0.2) is 9.84 Å². The minimum Gasteiger partial charge on any atom is -0.438 e. The first kappa shape index (κ1) is 22.1. The first-order valence-electron chi connectivity index (χ1n) is 10.0. The van der Waals surface area contributed by atoms with Gasteiger partial charge in [-0.1, -0.05) is 24.3 Å². The highest BCUT2D eigenvalue weighted by Crippen LogP contribution is 2.35. The van der Waals surface area contributed by atoms with Crippen LogP contribution in [-0.4, -0.2) is 55.6 Å². The molecule has 1 saturated heterocycles. The molecule has 1 amide bonds. The SMILES string of the molecule is CS(=O)(=O)C=CC(NC(=O)c1cnc(N2CC(F)(F)C2)nc1Oc1ccccc1)C1CC1. The summed E-state index contributed by atoms with van der Waals surface area (Å²) in [4.78, 5) is 22.6. The minimum atomic E-state index is -3.34. The van der Waals surface area contributed by atoms with E-state index in [2.05, 4.69) is 15.3 Å². The molecule has 1 aromatic carbocycles. The third-order valence-corrected chi connectivity index (χ3v) is 5.68. The number of benzene rings is 1. The number of rotatable bonds is 8. The van der Waals surface area contributed by atoms with E-state index in [0.29, 0.717) is 5.75 Å². The number of hydrogen-bond acceptors (Lipinski definition) is 7. The standard InChI is InChI=1S/C21H22F2N4O4S/c1-32(29,30)10-9-17(14-7-8-14)25-18(28)16-11-24-20(27-12-21(22,23)13-27)26-19(16)31-15-5-3-2-4-6-15/h2-6,9-11,14,17H,7-8,12-13H2,1H3,(H,25,28). The molecule has 170 valence electrons. The van der Waals surface area contributed by atoms with Gasteiger partial charge in [-0.15, -0.1) is 0 Å². The number of nitrogens with one attached hydrogen (secondary N) is 1. The molecule has 11 heteroatoms. The summed E-state index contributed by atoms with van der Waals surface area (Å²) >= 11 is 0. The van der Waals surface area contributed by atoms with Crippen LogP contribution in [0.5, 0.6) is 11.6 Å². The molecule has 1 saturated carbocycles. The van der Waals surface area contributed by atoms with Gasteiger partial charge in [-0.25, -0.2) is 22.2 Å². The first-order valence-corrected chi connectivity index (χ1v) is 12.0. The molecular weight excluding hydrogens is 442 g/mol. The number of ether oxygens (including phenoxy) is 1. The average molecular weight is 464 g/mol. The number of carbonyl (C=O) groups excluding carboxylic acids is 1. The molecule has 1 aliphatic carbocycles. The van der Waals surface area contributed by atoms with Gasteiger partial charge in [-0.05, 0) is 30.9 Å². The van der Waals surface area contributed by atoms with Crippen molar-refractivity contribution in [2.45, 2.75) is 24.8 Å². The monoisotopic (exact) mass is 464 g/mol. The van der Waals surface area contributed by atoms with Crippen LogP contribution in [0.15, 0.2) is 48.0 Å². The number of alkyl halides is 2. The van der Waals surface area contributed by atoms with E-state index in [1.807, 2.05) is 0 Å². The van der Waals surface area contributed by atoms with Crippen LogP contribution in [0.4, 0.5) is 14.7 Å². The summed E-state index contributed by atoms with van der Waals surface area (Å²) in [5, 5.41) is 3.87. The fourth-order valence-corrected chi connectivity index (χ4v) is 3.69. The topological polar surface area (TPSA) is 101 Å². The zero-order chi connectivity index (χ0) is 22.9. The summed E-state index contributed by atoms with van der Waals surface area (Å²) in [5.41, 5.74) is 0.0169. The number of carbonyl (C=O) groups is 1. The summed E-state index contributed by atoms with van der Waals surface area (Å²) in [5.74, 6) is -2.84. The van der Waals surface area contributed by atoms with E-state index in [4.69, 9.17) is 4.74 Å². The lowest BCUT2D eigenvalue weighted by Crippen LogP contribution is -2.57. The second-order valence-electron chi connectivity index (χ2n) is 8.01. The van der Waals surface area contributed by atoms with E-state index in [9.17, 15) is 22.0 Å². The quantitative estimate of drug-likeness (QED) is 0.641. The molecule has 8 nitrogen and oxygen atoms in total. The molecule has 1 aromatic heterocycles. The number of amides is 1. The Hall–Kier alpha value is -3.08. The lowest BCUT2D eigenvalue weighted by Gasteiger charge is -2.38. The molecule has 1 aliphatic heterocycles. The van der Waals surface area contributed by atoms with E-state index in [0.717, 1.165) is 24.5 Å². The summed E-state index contributed by atoms with van der Waals surface area (Å²) in [6.45, 7) is -1.02. The summed E-state index contributed by atoms with van der Waals surface area (Å²) in [6, 6.07) is 8.14. The predicted octanol–water partition coefficient (Wildman–Crippen LogP) is 2.79. The van der Waals surface area contributed by atoms with Crippen molar-refractivity contribution in [2.24, 2.45) is 5.92 Å². The predicted molar refractivity (Wildman–Crippen MR) is 114 cm³/mol. The minimum absolute atomic E-state index is 0.0169. The number of nitrogens with zero attached hydrogens (tertiary/aromatic N) is 3. The highest BCUT2D eigenvalue weighted by atomic mass is 32.2. The zero-order valence-corrected chi connectivity index (χ0v) is 18.1. The Kier molecular flexibility index (Phi) is 5.85. The lowest BCUT2D eigenvalue weighted by molar-refractivity contribution is -0.0272. The van der Waals surface area contributed by atoms with Gasteiger partial charge in [0.25, 0.3) is 11.8 Å². The van der Waals surface area contributed by atoms with Crippen LogP contribution >= 0.6 is 0 Å². The van der Waals surface area contributed by atoms with Gasteiger partial charge in [0.2, 0.25) is 11.8 Å². The number of sulfone groups is 1. The Morgan fingerprint density at radius 3 is 2.56 bits per heavy atom. The van der Waals surface area contributed by atoms with Crippen molar-refractivity contribution >= 4 is 21.7 Å². The smallest absolute Gasteiger partial charge is 0.282 e. The molecule has 2 fully saturated rings. The normalized spacial score (nSPS) is 18.8.